The van der Waals surface area contributed by atoms with E-state index >= 15 is 0 Å². The number of nitrogens with zero attached hydrogens (tertiary/aromatic N) is 3. The Bertz CT molecular complexity index is 945. The first-order valence-corrected chi connectivity index (χ1v) is 7.60. The number of benzene rings is 1. The molecule has 0 saturated heterocycles. The van der Waals surface area contributed by atoms with Crippen molar-refractivity contribution < 1.29 is 13.6 Å². The summed E-state index contributed by atoms with van der Waals surface area (Å²) in [6, 6.07) is 6.87. The maximum atomic E-state index is 13.7. The van der Waals surface area contributed by atoms with Gasteiger partial charge in [-0.3, -0.25) is 14.5 Å². The van der Waals surface area contributed by atoms with Crippen molar-refractivity contribution in [3.05, 3.63) is 65.1 Å². The first-order valence-electron chi connectivity index (χ1n) is 7.60. The van der Waals surface area contributed by atoms with Crippen molar-refractivity contribution in [1.29, 1.82) is 0 Å². The molecule has 0 bridgehead atoms. The smallest absolute Gasteiger partial charge is 0.276 e. The number of hydrogen-bond donors (Lipinski definition) is 1. The van der Waals surface area contributed by atoms with Gasteiger partial charge >= 0.3 is 0 Å². The molecule has 2 aromatic heterocycles. The number of hydrogen-bond acceptors (Lipinski definition) is 3. The van der Waals surface area contributed by atoms with Gasteiger partial charge in [-0.05, 0) is 43.7 Å². The highest BCUT2D eigenvalue weighted by atomic mass is 19.1. The molecule has 25 heavy (non-hydrogen) atoms. The molecule has 7 heteroatoms. The van der Waals surface area contributed by atoms with E-state index in [4.69, 9.17) is 0 Å². The second kappa shape index (κ2) is 6.43. The molecule has 0 unspecified atom stereocenters. The molecule has 0 aliphatic rings. The Balaban J connectivity index is 1.93. The summed E-state index contributed by atoms with van der Waals surface area (Å²) < 4.78 is 28.9. The van der Waals surface area contributed by atoms with Crippen molar-refractivity contribution in [2.24, 2.45) is 7.05 Å². The van der Waals surface area contributed by atoms with Crippen LogP contribution in [0.25, 0.3) is 11.3 Å². The van der Waals surface area contributed by atoms with Gasteiger partial charge in [0.1, 0.15) is 17.3 Å². The molecule has 5 nitrogen and oxygen atoms in total. The Morgan fingerprint density at radius 1 is 1.16 bits per heavy atom. The van der Waals surface area contributed by atoms with Gasteiger partial charge in [-0.25, -0.2) is 8.78 Å². The second-order valence-corrected chi connectivity index (χ2v) is 5.73. The molecule has 0 radical (unpaired) electrons. The van der Waals surface area contributed by atoms with Crippen molar-refractivity contribution in [1.82, 2.24) is 14.8 Å². The highest BCUT2D eigenvalue weighted by Crippen LogP contribution is 2.24. The molecule has 0 saturated carbocycles. The van der Waals surface area contributed by atoms with Gasteiger partial charge in [0.2, 0.25) is 0 Å². The molecule has 1 amide bonds. The number of anilines is 1. The number of halogens is 2. The SMILES string of the molecule is Cc1cc(C)c(-c2cc(C(=O)Nc3c(F)cccc3F)nn2C)cn1. The molecule has 3 rings (SSSR count). The molecular formula is C18H16F2N4O. The summed E-state index contributed by atoms with van der Waals surface area (Å²) in [4.78, 5) is 16.6. The van der Waals surface area contributed by atoms with E-state index in [1.807, 2.05) is 19.9 Å². The van der Waals surface area contributed by atoms with E-state index in [1.165, 1.54) is 10.7 Å². The van der Waals surface area contributed by atoms with E-state index < -0.39 is 23.2 Å². The van der Waals surface area contributed by atoms with Gasteiger partial charge in [0, 0.05) is 24.5 Å². The number of aromatic nitrogens is 3. The molecular weight excluding hydrogens is 326 g/mol. The van der Waals surface area contributed by atoms with E-state index in [2.05, 4.69) is 15.4 Å². The Kier molecular flexibility index (Phi) is 4.31. The monoisotopic (exact) mass is 342 g/mol. The third kappa shape index (κ3) is 3.26. The van der Waals surface area contributed by atoms with Crippen LogP contribution in [-0.4, -0.2) is 20.7 Å². The summed E-state index contributed by atoms with van der Waals surface area (Å²) in [5.41, 5.74) is 2.95. The van der Waals surface area contributed by atoms with Gasteiger partial charge in [-0.1, -0.05) is 6.07 Å². The van der Waals surface area contributed by atoms with Crippen LogP contribution < -0.4 is 5.32 Å². The van der Waals surface area contributed by atoms with E-state index in [0.717, 1.165) is 29.0 Å². The molecule has 128 valence electrons. The van der Waals surface area contributed by atoms with Gasteiger partial charge in [0.05, 0.1) is 5.69 Å². The Morgan fingerprint density at radius 2 is 1.84 bits per heavy atom. The van der Waals surface area contributed by atoms with Gasteiger partial charge in [0.25, 0.3) is 5.91 Å². The highest BCUT2D eigenvalue weighted by Gasteiger charge is 2.18. The van der Waals surface area contributed by atoms with Crippen LogP contribution in [0, 0.1) is 25.5 Å². The summed E-state index contributed by atoms with van der Waals surface area (Å²) in [6.45, 7) is 3.83. The van der Waals surface area contributed by atoms with E-state index in [1.54, 1.807) is 19.3 Å². The minimum Gasteiger partial charge on any atom is -0.316 e. The third-order valence-electron chi connectivity index (χ3n) is 3.84. The first-order chi connectivity index (χ1) is 11.9. The lowest BCUT2D eigenvalue weighted by molar-refractivity contribution is 0.102. The van der Waals surface area contributed by atoms with E-state index in [9.17, 15) is 13.6 Å². The minimum absolute atomic E-state index is 0.0557. The largest absolute Gasteiger partial charge is 0.316 e. The number of carbonyl (C=O) groups is 1. The predicted octanol–water partition coefficient (Wildman–Crippen LogP) is 3.63. The fraction of sp³-hybridized carbons (Fsp3) is 0.167. The molecule has 0 aliphatic carbocycles. The molecule has 1 aromatic carbocycles. The number of para-hydroxylation sites is 1. The Labute approximate surface area is 143 Å². The number of aryl methyl sites for hydroxylation is 3. The number of amides is 1. The number of pyridine rings is 1. The van der Waals surface area contributed by atoms with Crippen LogP contribution in [0.15, 0.2) is 36.5 Å². The van der Waals surface area contributed by atoms with Crippen molar-refractivity contribution in [3.63, 3.8) is 0 Å². The average molecular weight is 342 g/mol. The van der Waals surface area contributed by atoms with E-state index in [-0.39, 0.29) is 5.69 Å². The molecule has 0 fully saturated rings. The van der Waals surface area contributed by atoms with Crippen LogP contribution >= 0.6 is 0 Å². The van der Waals surface area contributed by atoms with Gasteiger partial charge in [0.15, 0.2) is 5.69 Å². The summed E-state index contributed by atoms with van der Waals surface area (Å²) in [5, 5.41) is 6.37. The van der Waals surface area contributed by atoms with Crippen LogP contribution in [0.1, 0.15) is 21.7 Å². The lowest BCUT2D eigenvalue weighted by atomic mass is 10.1. The van der Waals surface area contributed by atoms with Crippen LogP contribution in [0.2, 0.25) is 0 Å². The van der Waals surface area contributed by atoms with Crippen molar-refractivity contribution in [2.45, 2.75) is 13.8 Å². The van der Waals surface area contributed by atoms with Crippen LogP contribution in [0.3, 0.4) is 0 Å². The molecule has 2 heterocycles. The van der Waals surface area contributed by atoms with Gasteiger partial charge < -0.3 is 5.32 Å². The van der Waals surface area contributed by atoms with Crippen molar-refractivity contribution >= 4 is 11.6 Å². The summed E-state index contributed by atoms with van der Waals surface area (Å²) in [7, 11) is 1.69. The lowest BCUT2D eigenvalue weighted by Crippen LogP contribution is -2.15. The summed E-state index contributed by atoms with van der Waals surface area (Å²) in [5.74, 6) is -2.38. The summed E-state index contributed by atoms with van der Waals surface area (Å²) >= 11 is 0. The van der Waals surface area contributed by atoms with E-state index in [0.29, 0.717) is 5.69 Å². The van der Waals surface area contributed by atoms with Crippen LogP contribution in [0.5, 0.6) is 0 Å². The molecule has 0 spiro atoms. The number of nitrogens with one attached hydrogen (secondary N) is 1. The highest BCUT2D eigenvalue weighted by molar-refractivity contribution is 6.03. The summed E-state index contributed by atoms with van der Waals surface area (Å²) in [6.07, 6.45) is 1.71. The third-order valence-corrected chi connectivity index (χ3v) is 3.84. The standard InChI is InChI=1S/C18H16F2N4O/c1-10-7-11(2)21-9-12(10)16-8-15(23-24(16)3)18(25)22-17-13(19)5-4-6-14(17)20/h4-9H,1-3H3,(H,22,25). The normalized spacial score (nSPS) is 10.8. The molecule has 3 aromatic rings. The molecule has 0 aliphatic heterocycles. The van der Waals surface area contributed by atoms with Gasteiger partial charge in [-0.15, -0.1) is 0 Å². The molecule has 1 N–H and O–H groups in total. The first kappa shape index (κ1) is 16.8. The van der Waals surface area contributed by atoms with Crippen molar-refractivity contribution in [2.75, 3.05) is 5.32 Å². The molecule has 0 atom stereocenters. The number of carbonyl (C=O) groups excluding carboxylic acids is 1. The Morgan fingerprint density at radius 3 is 2.48 bits per heavy atom. The zero-order valence-corrected chi connectivity index (χ0v) is 14.0. The topological polar surface area (TPSA) is 59.8 Å². The number of rotatable bonds is 3. The maximum absolute atomic E-state index is 13.7. The lowest BCUT2D eigenvalue weighted by Gasteiger charge is -2.06. The Hall–Kier alpha value is -3.09. The van der Waals surface area contributed by atoms with Crippen molar-refractivity contribution in [3.8, 4) is 11.3 Å². The zero-order chi connectivity index (χ0) is 18.1. The minimum atomic E-state index is -0.844. The maximum Gasteiger partial charge on any atom is 0.276 e. The average Bonchev–Trinajstić information content (AvgIpc) is 2.93. The quantitative estimate of drug-likeness (QED) is 0.791. The van der Waals surface area contributed by atoms with Crippen LogP contribution in [-0.2, 0) is 7.05 Å². The second-order valence-electron chi connectivity index (χ2n) is 5.73. The fourth-order valence-corrected chi connectivity index (χ4v) is 2.59. The predicted molar refractivity (Wildman–Crippen MR) is 90.2 cm³/mol. The van der Waals surface area contributed by atoms with Crippen LogP contribution in [0.4, 0.5) is 14.5 Å². The van der Waals surface area contributed by atoms with Gasteiger partial charge in [-0.2, -0.15) is 5.10 Å². The zero-order valence-electron chi connectivity index (χ0n) is 14.0. The fourth-order valence-electron chi connectivity index (χ4n) is 2.59.